The summed E-state index contributed by atoms with van der Waals surface area (Å²) in [6.07, 6.45) is 6.34. The molecule has 0 aromatic carbocycles. The van der Waals surface area contributed by atoms with Crippen molar-refractivity contribution in [1.82, 2.24) is 60.5 Å². The Morgan fingerprint density at radius 2 is 0.683 bits per heavy atom. The van der Waals surface area contributed by atoms with Crippen molar-refractivity contribution in [2.24, 2.45) is 0 Å². The van der Waals surface area contributed by atoms with Crippen LogP contribution >= 0.6 is 0 Å². The number of rotatable bonds is 36. The van der Waals surface area contributed by atoms with Crippen molar-refractivity contribution in [1.29, 1.82) is 0 Å². The van der Waals surface area contributed by atoms with E-state index in [2.05, 4.69) is 289 Å². The van der Waals surface area contributed by atoms with E-state index in [-0.39, 0.29) is 24.0 Å². The molecular formula is C70H166N12. The number of nitrogens with zero attached hydrogens (tertiary/aromatic N) is 8. The summed E-state index contributed by atoms with van der Waals surface area (Å²) in [5.41, 5.74) is 1.68. The Bertz CT molecular complexity index is 1230. The molecule has 1 atom stereocenters. The van der Waals surface area contributed by atoms with Gasteiger partial charge in [0.2, 0.25) is 0 Å². The lowest BCUT2D eigenvalue weighted by Crippen LogP contribution is -2.45. The third-order valence-electron chi connectivity index (χ3n) is 14.9. The number of likely N-dealkylation sites (N-methyl/N-ethyl adjacent to an activating group) is 6. The first-order chi connectivity index (χ1) is 37.3. The van der Waals surface area contributed by atoms with Gasteiger partial charge in [0.05, 0.1) is 0 Å². The van der Waals surface area contributed by atoms with E-state index in [0.717, 1.165) is 78.5 Å². The van der Waals surface area contributed by atoms with E-state index in [1.807, 2.05) is 0 Å². The summed E-state index contributed by atoms with van der Waals surface area (Å²) in [4.78, 5) is 19.9. The van der Waals surface area contributed by atoms with Crippen LogP contribution in [0.3, 0.4) is 0 Å². The molecule has 0 bridgehead atoms. The number of hydrogen-bond donors (Lipinski definition) is 4. The van der Waals surface area contributed by atoms with Crippen LogP contribution in [0.2, 0.25) is 0 Å². The van der Waals surface area contributed by atoms with Gasteiger partial charge in [-0.3, -0.25) is 9.80 Å². The predicted molar refractivity (Wildman–Crippen MR) is 382 cm³/mol. The summed E-state index contributed by atoms with van der Waals surface area (Å²) >= 11 is 0. The zero-order chi connectivity index (χ0) is 64.5. The highest BCUT2D eigenvalue weighted by molar-refractivity contribution is 4.79. The van der Waals surface area contributed by atoms with Crippen molar-refractivity contribution in [3.8, 4) is 0 Å². The minimum atomic E-state index is 0. The van der Waals surface area contributed by atoms with E-state index in [4.69, 9.17) is 0 Å². The summed E-state index contributed by atoms with van der Waals surface area (Å²) < 4.78 is 0. The lowest BCUT2D eigenvalue weighted by molar-refractivity contribution is 0.124. The summed E-state index contributed by atoms with van der Waals surface area (Å²) in [5, 5.41) is 14.0. The normalized spacial score (nSPS) is 12.8. The van der Waals surface area contributed by atoms with Gasteiger partial charge in [-0.15, -0.1) is 0 Å². The molecule has 506 valence electrons. The monoisotopic (exact) mass is 1180 g/mol. The molecule has 0 radical (unpaired) electrons. The highest BCUT2D eigenvalue weighted by Gasteiger charge is 2.21. The Kier molecular flexibility index (Phi) is 64.8. The maximum absolute atomic E-state index is 3.61. The standard InChI is InChI=1S/C13H30N2.2C12H28N2.2C11H26N2.C10H24N2.CH4/c1-7-15(8-2)11-9-10-12(3)14-13(4,5)6;1-7-13(8-2)10-11-14(9-3)12(4,5)6;1-6-9-14(10-7-2)11-8-13-12(3,4)5;1-7-13(8-2)10-9-12(6)11(3,4)5;1-6-13(7-2)10-8-9-12-11(3,4)5;1-6-11-8-9-12(7-2)10(3,4)5;/h12,14H,7-11H2,1-6H3;7-11H2,1-6H3;13H,6-11H2,1-5H3;7-10H2,1-6H3;12H,6-10H2,1-5H3;11H,6-9H2,1-5H3;1H4. The van der Waals surface area contributed by atoms with Gasteiger partial charge in [-0.25, -0.2) is 0 Å². The van der Waals surface area contributed by atoms with E-state index < -0.39 is 0 Å². The van der Waals surface area contributed by atoms with E-state index in [1.54, 1.807) is 0 Å². The molecule has 0 spiro atoms. The molecule has 0 heterocycles. The Labute approximate surface area is 522 Å². The molecule has 0 aliphatic carbocycles. The molecule has 0 aromatic heterocycles. The fourth-order valence-corrected chi connectivity index (χ4v) is 9.13. The molecular weight excluding hydrogens is 1010 g/mol. The van der Waals surface area contributed by atoms with Gasteiger partial charge in [-0.05, 0) is 275 Å². The minimum Gasteiger partial charge on any atom is -0.316 e. The smallest absolute Gasteiger partial charge is 0.0125 e. The van der Waals surface area contributed by atoms with Crippen molar-refractivity contribution in [3.05, 3.63) is 0 Å². The van der Waals surface area contributed by atoms with Crippen LogP contribution in [0.4, 0.5) is 0 Å². The van der Waals surface area contributed by atoms with Gasteiger partial charge >= 0.3 is 0 Å². The molecule has 4 N–H and O–H groups in total. The zero-order valence-corrected chi connectivity index (χ0v) is 62.7. The van der Waals surface area contributed by atoms with Crippen molar-refractivity contribution in [2.45, 2.75) is 300 Å². The third-order valence-corrected chi connectivity index (χ3v) is 14.9. The van der Waals surface area contributed by atoms with Crippen LogP contribution in [0.15, 0.2) is 0 Å². The van der Waals surface area contributed by atoms with Crippen molar-refractivity contribution < 1.29 is 0 Å². The topological polar surface area (TPSA) is 74.0 Å². The van der Waals surface area contributed by atoms with Crippen LogP contribution in [-0.4, -0.2) is 243 Å². The molecule has 0 aromatic rings. The van der Waals surface area contributed by atoms with Gasteiger partial charge in [-0.2, -0.15) is 0 Å². The number of hydrogen-bond acceptors (Lipinski definition) is 12. The van der Waals surface area contributed by atoms with Crippen molar-refractivity contribution >= 4 is 0 Å². The summed E-state index contributed by atoms with van der Waals surface area (Å²) in [6, 6.07) is 0.626. The molecule has 12 heteroatoms. The van der Waals surface area contributed by atoms with Crippen molar-refractivity contribution in [3.63, 3.8) is 0 Å². The molecule has 0 rings (SSSR count). The summed E-state index contributed by atoms with van der Waals surface area (Å²) in [5.74, 6) is 0. The molecule has 12 nitrogen and oxygen atoms in total. The Hall–Kier alpha value is -0.480. The first-order valence-corrected chi connectivity index (χ1v) is 34.1. The SMILES string of the molecule is C.CCCN(CCC)CCNC(C)(C)C.CCN(CC)CCCC(C)NC(C)(C)C.CCN(CC)CCCNC(C)(C)C.CCN(CC)CCN(C)C(C)(C)C.CCN(CC)CCN(CC)C(C)(C)C.CCNCCN(CC)C(C)(C)C. The van der Waals surface area contributed by atoms with Gasteiger partial charge in [0.25, 0.3) is 0 Å². The van der Waals surface area contributed by atoms with Gasteiger partial charge in [0, 0.05) is 91.6 Å². The van der Waals surface area contributed by atoms with E-state index >= 15 is 0 Å². The molecule has 0 saturated carbocycles. The second-order valence-electron chi connectivity index (χ2n) is 28.5. The van der Waals surface area contributed by atoms with Gasteiger partial charge < -0.3 is 50.7 Å². The van der Waals surface area contributed by atoms with Crippen LogP contribution < -0.4 is 21.3 Å². The van der Waals surface area contributed by atoms with Gasteiger partial charge in [-0.1, -0.05) is 97.4 Å². The minimum absolute atomic E-state index is 0. The highest BCUT2D eigenvalue weighted by atomic mass is 15.2. The molecule has 0 fully saturated rings. The molecule has 82 heavy (non-hydrogen) atoms. The van der Waals surface area contributed by atoms with E-state index in [9.17, 15) is 0 Å². The lowest BCUT2D eigenvalue weighted by atomic mass is 10.1. The lowest BCUT2D eigenvalue weighted by Gasteiger charge is -2.36. The first-order valence-electron chi connectivity index (χ1n) is 34.1. The Morgan fingerprint density at radius 3 is 1.00 bits per heavy atom. The second kappa shape index (κ2) is 55.8. The largest absolute Gasteiger partial charge is 0.316 e. The van der Waals surface area contributed by atoms with Crippen LogP contribution in [-0.2, 0) is 0 Å². The second-order valence-corrected chi connectivity index (χ2v) is 28.5. The van der Waals surface area contributed by atoms with Gasteiger partial charge in [0.15, 0.2) is 0 Å². The summed E-state index contributed by atoms with van der Waals surface area (Å²) in [6.45, 7) is 99.7. The highest BCUT2D eigenvalue weighted by Crippen LogP contribution is 2.13. The predicted octanol–water partition coefficient (Wildman–Crippen LogP) is 14.3. The molecule has 0 aliphatic rings. The molecule has 0 aliphatic heterocycles. The number of nitrogens with one attached hydrogen (secondary N) is 4. The van der Waals surface area contributed by atoms with E-state index in [0.29, 0.717) is 22.7 Å². The first kappa shape index (κ1) is 95.2. The van der Waals surface area contributed by atoms with Crippen molar-refractivity contribution in [2.75, 3.05) is 164 Å². The van der Waals surface area contributed by atoms with Crippen LogP contribution in [0.25, 0.3) is 0 Å². The quantitative estimate of drug-likeness (QED) is 0.0452. The van der Waals surface area contributed by atoms with Gasteiger partial charge in [0.1, 0.15) is 0 Å². The third kappa shape index (κ3) is 68.6. The maximum atomic E-state index is 3.61. The average Bonchev–Trinajstić information content (AvgIpc) is 3.35. The van der Waals surface area contributed by atoms with Crippen LogP contribution in [0.1, 0.15) is 261 Å². The Morgan fingerprint density at radius 1 is 0.329 bits per heavy atom. The molecule has 0 saturated heterocycles. The maximum Gasteiger partial charge on any atom is 0.0125 e. The Balaban J connectivity index is -0.000000164. The fourth-order valence-electron chi connectivity index (χ4n) is 9.13. The van der Waals surface area contributed by atoms with Crippen LogP contribution in [0, 0.1) is 0 Å². The van der Waals surface area contributed by atoms with E-state index in [1.165, 1.54) is 111 Å². The average molecular weight is 1180 g/mol. The molecule has 1 unspecified atom stereocenters. The molecule has 0 amide bonds. The summed E-state index contributed by atoms with van der Waals surface area (Å²) in [7, 11) is 2.20. The fraction of sp³-hybridized carbons (Fsp3) is 1.00. The zero-order valence-electron chi connectivity index (χ0n) is 62.7. The van der Waals surface area contributed by atoms with Crippen LogP contribution in [0.5, 0.6) is 0 Å².